The van der Waals surface area contributed by atoms with Crippen molar-refractivity contribution < 1.29 is 0 Å². The number of hydrogen-bond donors (Lipinski definition) is 1. The second-order valence-electron chi connectivity index (χ2n) is 3.19. The molecule has 2 aromatic rings. The summed E-state index contributed by atoms with van der Waals surface area (Å²) in [4.78, 5) is 0. The van der Waals surface area contributed by atoms with E-state index in [4.69, 9.17) is 5.73 Å². The van der Waals surface area contributed by atoms with Crippen LogP contribution >= 0.6 is 12.4 Å². The molecule has 1 aromatic carbocycles. The molecular weight excluding hydrogens is 212 g/mol. The van der Waals surface area contributed by atoms with Crippen LogP contribution in [-0.4, -0.2) is 15.0 Å². The molecule has 4 nitrogen and oxygen atoms in total. The predicted molar refractivity (Wildman–Crippen MR) is 61.2 cm³/mol. The molecule has 0 unspecified atom stereocenters. The van der Waals surface area contributed by atoms with Crippen molar-refractivity contribution in [3.63, 3.8) is 0 Å². The van der Waals surface area contributed by atoms with Gasteiger partial charge in [-0.2, -0.15) is 0 Å². The Hall–Kier alpha value is -1.39. The van der Waals surface area contributed by atoms with Crippen LogP contribution in [0.25, 0.3) is 5.69 Å². The topological polar surface area (TPSA) is 56.7 Å². The number of hydrogen-bond acceptors (Lipinski definition) is 3. The molecule has 1 aromatic heterocycles. The van der Waals surface area contributed by atoms with Gasteiger partial charge in [0.25, 0.3) is 0 Å². The maximum atomic E-state index is 5.45. The van der Waals surface area contributed by atoms with Gasteiger partial charge in [0.15, 0.2) is 0 Å². The molecule has 15 heavy (non-hydrogen) atoms. The number of aryl methyl sites for hydroxylation is 1. The summed E-state index contributed by atoms with van der Waals surface area (Å²) in [5, 5.41) is 7.90. The van der Waals surface area contributed by atoms with Crippen molar-refractivity contribution >= 4 is 12.4 Å². The minimum Gasteiger partial charge on any atom is -0.325 e. The fourth-order valence-corrected chi connectivity index (χ4v) is 1.22. The molecule has 0 spiro atoms. The normalized spacial score (nSPS) is 9.73. The molecule has 0 aliphatic heterocycles. The Balaban J connectivity index is 0.00000112. The van der Waals surface area contributed by atoms with Crippen LogP contribution in [-0.2, 0) is 6.54 Å². The highest BCUT2D eigenvalue weighted by atomic mass is 35.5. The van der Waals surface area contributed by atoms with Crippen molar-refractivity contribution in [3.05, 3.63) is 41.7 Å². The highest BCUT2D eigenvalue weighted by Gasteiger charge is 1.99. The van der Waals surface area contributed by atoms with E-state index in [0.717, 1.165) is 11.4 Å². The molecule has 0 bridgehead atoms. The Kier molecular flexibility index (Phi) is 3.82. The van der Waals surface area contributed by atoms with E-state index < -0.39 is 0 Å². The first-order valence-electron chi connectivity index (χ1n) is 4.48. The SMILES string of the molecule is Cc1ccc(-n2cc(CN)nn2)cc1.Cl. The van der Waals surface area contributed by atoms with Crippen LogP contribution in [0.5, 0.6) is 0 Å². The molecular formula is C10H13ClN4. The maximum Gasteiger partial charge on any atom is 0.0967 e. The predicted octanol–water partition coefficient (Wildman–Crippen LogP) is 1.46. The van der Waals surface area contributed by atoms with Crippen molar-refractivity contribution in [3.8, 4) is 5.69 Å². The third-order valence-corrected chi connectivity index (χ3v) is 2.05. The average molecular weight is 225 g/mol. The van der Waals surface area contributed by atoms with Crippen LogP contribution in [0.3, 0.4) is 0 Å². The number of nitrogens with zero attached hydrogens (tertiary/aromatic N) is 3. The van der Waals surface area contributed by atoms with Crippen LogP contribution in [0.4, 0.5) is 0 Å². The van der Waals surface area contributed by atoms with E-state index in [-0.39, 0.29) is 12.4 Å². The molecule has 0 aliphatic carbocycles. The van der Waals surface area contributed by atoms with Crippen LogP contribution in [0.2, 0.25) is 0 Å². The summed E-state index contributed by atoms with van der Waals surface area (Å²) in [5.41, 5.74) is 8.48. The van der Waals surface area contributed by atoms with Crippen molar-refractivity contribution in [2.75, 3.05) is 0 Å². The zero-order valence-corrected chi connectivity index (χ0v) is 9.24. The minimum atomic E-state index is 0. The summed E-state index contributed by atoms with van der Waals surface area (Å²) in [6.45, 7) is 2.47. The number of halogens is 1. The van der Waals surface area contributed by atoms with Gasteiger partial charge in [0.05, 0.1) is 17.6 Å². The molecule has 5 heteroatoms. The smallest absolute Gasteiger partial charge is 0.0967 e. The van der Waals surface area contributed by atoms with Gasteiger partial charge in [0, 0.05) is 6.54 Å². The van der Waals surface area contributed by atoms with Gasteiger partial charge in [-0.25, -0.2) is 4.68 Å². The van der Waals surface area contributed by atoms with E-state index in [9.17, 15) is 0 Å². The molecule has 80 valence electrons. The summed E-state index contributed by atoms with van der Waals surface area (Å²) in [7, 11) is 0. The summed E-state index contributed by atoms with van der Waals surface area (Å²) in [6, 6.07) is 8.09. The van der Waals surface area contributed by atoms with Gasteiger partial charge >= 0.3 is 0 Å². The Morgan fingerprint density at radius 2 is 1.93 bits per heavy atom. The number of benzene rings is 1. The van der Waals surface area contributed by atoms with Crippen molar-refractivity contribution in [1.29, 1.82) is 0 Å². The average Bonchev–Trinajstić information content (AvgIpc) is 2.67. The van der Waals surface area contributed by atoms with Gasteiger partial charge in [0.1, 0.15) is 0 Å². The lowest BCUT2D eigenvalue weighted by atomic mass is 10.2. The lowest BCUT2D eigenvalue weighted by molar-refractivity contribution is 0.796. The van der Waals surface area contributed by atoms with Crippen LogP contribution in [0, 0.1) is 6.92 Å². The van der Waals surface area contributed by atoms with E-state index in [2.05, 4.69) is 17.2 Å². The highest BCUT2D eigenvalue weighted by molar-refractivity contribution is 5.85. The van der Waals surface area contributed by atoms with E-state index in [1.165, 1.54) is 5.56 Å². The first-order chi connectivity index (χ1) is 6.79. The second kappa shape index (κ2) is 4.91. The van der Waals surface area contributed by atoms with E-state index >= 15 is 0 Å². The van der Waals surface area contributed by atoms with Crippen LogP contribution < -0.4 is 5.73 Å². The quantitative estimate of drug-likeness (QED) is 0.840. The summed E-state index contributed by atoms with van der Waals surface area (Å²) in [6.07, 6.45) is 1.84. The van der Waals surface area contributed by atoms with Crippen LogP contribution in [0.1, 0.15) is 11.3 Å². The second-order valence-corrected chi connectivity index (χ2v) is 3.19. The number of rotatable bonds is 2. The largest absolute Gasteiger partial charge is 0.325 e. The lowest BCUT2D eigenvalue weighted by Gasteiger charge is -1.99. The highest BCUT2D eigenvalue weighted by Crippen LogP contribution is 2.07. The zero-order chi connectivity index (χ0) is 9.97. The van der Waals surface area contributed by atoms with Gasteiger partial charge in [-0.05, 0) is 19.1 Å². The maximum absolute atomic E-state index is 5.45. The lowest BCUT2D eigenvalue weighted by Crippen LogP contribution is -1.95. The summed E-state index contributed by atoms with van der Waals surface area (Å²) < 4.78 is 1.72. The van der Waals surface area contributed by atoms with Gasteiger partial charge in [-0.15, -0.1) is 17.5 Å². The first kappa shape index (κ1) is 11.7. The molecule has 0 fully saturated rings. The Labute approximate surface area is 94.5 Å². The standard InChI is InChI=1S/C10H12N4.ClH/c1-8-2-4-10(5-3-8)14-7-9(6-11)12-13-14;/h2-5,7H,6,11H2,1H3;1H. The zero-order valence-electron chi connectivity index (χ0n) is 8.42. The van der Waals surface area contributed by atoms with Crippen molar-refractivity contribution in [2.24, 2.45) is 5.73 Å². The molecule has 0 radical (unpaired) electrons. The van der Waals surface area contributed by atoms with Gasteiger partial charge in [-0.3, -0.25) is 0 Å². The van der Waals surface area contributed by atoms with Crippen molar-refractivity contribution in [2.45, 2.75) is 13.5 Å². The fourth-order valence-electron chi connectivity index (χ4n) is 1.22. The number of aromatic nitrogens is 3. The van der Waals surface area contributed by atoms with Crippen molar-refractivity contribution in [1.82, 2.24) is 15.0 Å². The van der Waals surface area contributed by atoms with Gasteiger partial charge in [0.2, 0.25) is 0 Å². The minimum absolute atomic E-state index is 0. The monoisotopic (exact) mass is 224 g/mol. The van der Waals surface area contributed by atoms with E-state index in [1.807, 2.05) is 30.5 Å². The third kappa shape index (κ3) is 2.55. The molecule has 0 amide bonds. The van der Waals surface area contributed by atoms with Crippen LogP contribution in [0.15, 0.2) is 30.5 Å². The van der Waals surface area contributed by atoms with E-state index in [1.54, 1.807) is 4.68 Å². The molecule has 0 saturated heterocycles. The molecule has 2 rings (SSSR count). The third-order valence-electron chi connectivity index (χ3n) is 2.05. The van der Waals surface area contributed by atoms with Gasteiger partial charge < -0.3 is 5.73 Å². The Morgan fingerprint density at radius 1 is 1.27 bits per heavy atom. The molecule has 0 aliphatic rings. The summed E-state index contributed by atoms with van der Waals surface area (Å²) >= 11 is 0. The number of nitrogens with two attached hydrogens (primary N) is 1. The molecule has 2 N–H and O–H groups in total. The first-order valence-corrected chi connectivity index (χ1v) is 4.48. The molecule has 1 heterocycles. The van der Waals surface area contributed by atoms with Gasteiger partial charge in [-0.1, -0.05) is 22.9 Å². The fraction of sp³-hybridized carbons (Fsp3) is 0.200. The Bertz CT molecular complexity index is 421. The summed E-state index contributed by atoms with van der Waals surface area (Å²) in [5.74, 6) is 0. The molecule has 0 atom stereocenters. The molecule has 0 saturated carbocycles. The van der Waals surface area contributed by atoms with E-state index in [0.29, 0.717) is 6.54 Å². The Morgan fingerprint density at radius 3 is 2.47 bits per heavy atom.